The van der Waals surface area contributed by atoms with E-state index in [4.69, 9.17) is 0 Å². The Morgan fingerprint density at radius 2 is 2.14 bits per heavy atom. The molecular formula is C14H15FN4OS. The molecule has 0 radical (unpaired) electrons. The van der Waals surface area contributed by atoms with Gasteiger partial charge in [-0.05, 0) is 30.5 Å². The van der Waals surface area contributed by atoms with Gasteiger partial charge in [0, 0.05) is 19.5 Å². The van der Waals surface area contributed by atoms with Crippen LogP contribution in [0.1, 0.15) is 23.4 Å². The fourth-order valence-electron chi connectivity index (χ4n) is 2.29. The first-order chi connectivity index (χ1) is 10.2. The lowest BCUT2D eigenvalue weighted by Gasteiger charge is -2.14. The number of hydrogen-bond acceptors (Lipinski definition) is 4. The largest absolute Gasteiger partial charge is 0.324 e. The zero-order valence-corrected chi connectivity index (χ0v) is 12.2. The van der Waals surface area contributed by atoms with Gasteiger partial charge >= 0.3 is 6.03 Å². The predicted octanol–water partition coefficient (Wildman–Crippen LogP) is 2.90. The molecule has 0 saturated carbocycles. The van der Waals surface area contributed by atoms with Crippen molar-refractivity contribution in [2.24, 2.45) is 0 Å². The summed E-state index contributed by atoms with van der Waals surface area (Å²) in [5, 5.41) is 12.0. The Balaban J connectivity index is 1.62. The maximum absolute atomic E-state index is 13.1. The molecule has 1 saturated heterocycles. The van der Waals surface area contributed by atoms with Crippen LogP contribution in [-0.4, -0.2) is 34.2 Å². The molecule has 110 valence electrons. The van der Waals surface area contributed by atoms with Crippen LogP contribution in [0.5, 0.6) is 0 Å². The van der Waals surface area contributed by atoms with Gasteiger partial charge in [0.1, 0.15) is 10.8 Å². The SMILES string of the molecule is O=C(Nc1nnc(Cc2cccc(F)c2)s1)N1CCCC1. The molecule has 1 aromatic heterocycles. The van der Waals surface area contributed by atoms with Gasteiger partial charge in [-0.1, -0.05) is 23.5 Å². The number of carbonyl (C=O) groups is 1. The number of carbonyl (C=O) groups excluding carboxylic acids is 1. The van der Waals surface area contributed by atoms with Crippen LogP contribution in [0.4, 0.5) is 14.3 Å². The molecule has 2 amide bonds. The average Bonchev–Trinajstić information content (AvgIpc) is 3.10. The van der Waals surface area contributed by atoms with Gasteiger partial charge in [0.25, 0.3) is 0 Å². The van der Waals surface area contributed by atoms with E-state index in [0.717, 1.165) is 36.5 Å². The fraction of sp³-hybridized carbons (Fsp3) is 0.357. The minimum absolute atomic E-state index is 0.124. The van der Waals surface area contributed by atoms with Gasteiger partial charge in [0.05, 0.1) is 0 Å². The number of halogens is 1. The van der Waals surface area contributed by atoms with E-state index in [9.17, 15) is 9.18 Å². The zero-order chi connectivity index (χ0) is 14.7. The van der Waals surface area contributed by atoms with Crippen molar-refractivity contribution in [1.82, 2.24) is 15.1 Å². The summed E-state index contributed by atoms with van der Waals surface area (Å²) in [6.45, 7) is 1.58. The van der Waals surface area contributed by atoms with Gasteiger partial charge in [-0.25, -0.2) is 9.18 Å². The summed E-state index contributed by atoms with van der Waals surface area (Å²) in [5.74, 6) is -0.264. The molecule has 0 unspecified atom stereocenters. The molecule has 0 aliphatic carbocycles. The summed E-state index contributed by atoms with van der Waals surface area (Å²) >= 11 is 1.32. The fourth-order valence-corrected chi connectivity index (χ4v) is 3.05. The van der Waals surface area contributed by atoms with Crippen molar-refractivity contribution in [3.63, 3.8) is 0 Å². The van der Waals surface area contributed by atoms with Crippen molar-refractivity contribution in [2.45, 2.75) is 19.3 Å². The van der Waals surface area contributed by atoms with E-state index in [-0.39, 0.29) is 11.8 Å². The van der Waals surface area contributed by atoms with Crippen LogP contribution in [0.15, 0.2) is 24.3 Å². The van der Waals surface area contributed by atoms with E-state index in [1.165, 1.54) is 23.5 Å². The smallest absolute Gasteiger partial charge is 0.323 e. The lowest BCUT2D eigenvalue weighted by atomic mass is 10.1. The second kappa shape index (κ2) is 6.17. The molecule has 5 nitrogen and oxygen atoms in total. The van der Waals surface area contributed by atoms with Crippen LogP contribution < -0.4 is 5.32 Å². The first-order valence-electron chi connectivity index (χ1n) is 6.83. The van der Waals surface area contributed by atoms with E-state index in [1.807, 2.05) is 6.07 Å². The van der Waals surface area contributed by atoms with Crippen LogP contribution in [0.2, 0.25) is 0 Å². The van der Waals surface area contributed by atoms with Crippen molar-refractivity contribution in [3.05, 3.63) is 40.7 Å². The molecule has 0 atom stereocenters. The van der Waals surface area contributed by atoms with Crippen LogP contribution in [0, 0.1) is 5.82 Å². The van der Waals surface area contributed by atoms with Crippen LogP contribution in [-0.2, 0) is 6.42 Å². The summed E-state index contributed by atoms with van der Waals surface area (Å²) in [7, 11) is 0. The van der Waals surface area contributed by atoms with Crippen molar-refractivity contribution in [3.8, 4) is 0 Å². The highest BCUT2D eigenvalue weighted by Crippen LogP contribution is 2.20. The third kappa shape index (κ3) is 3.55. The van der Waals surface area contributed by atoms with E-state index in [0.29, 0.717) is 11.6 Å². The Hall–Kier alpha value is -2.02. The molecule has 1 aliphatic heterocycles. The maximum Gasteiger partial charge on any atom is 0.323 e. The molecule has 1 N–H and O–H groups in total. The minimum atomic E-state index is -0.264. The molecule has 0 spiro atoms. The molecule has 2 aromatic rings. The number of nitrogens with zero attached hydrogens (tertiary/aromatic N) is 3. The lowest BCUT2D eigenvalue weighted by Crippen LogP contribution is -2.32. The van der Waals surface area contributed by atoms with Crippen LogP contribution in [0.3, 0.4) is 0 Å². The number of hydrogen-bond donors (Lipinski definition) is 1. The number of anilines is 1. The highest BCUT2D eigenvalue weighted by atomic mass is 32.1. The Morgan fingerprint density at radius 1 is 1.33 bits per heavy atom. The predicted molar refractivity (Wildman–Crippen MR) is 78.9 cm³/mol. The van der Waals surface area contributed by atoms with Crippen molar-refractivity contribution in [1.29, 1.82) is 0 Å². The van der Waals surface area contributed by atoms with Gasteiger partial charge in [-0.3, -0.25) is 5.32 Å². The number of benzene rings is 1. The quantitative estimate of drug-likeness (QED) is 0.948. The molecule has 2 heterocycles. The normalized spacial score (nSPS) is 14.4. The van der Waals surface area contributed by atoms with Gasteiger partial charge in [0.15, 0.2) is 0 Å². The van der Waals surface area contributed by atoms with E-state index < -0.39 is 0 Å². The van der Waals surface area contributed by atoms with E-state index in [2.05, 4.69) is 15.5 Å². The van der Waals surface area contributed by atoms with Gasteiger partial charge in [0.2, 0.25) is 5.13 Å². The minimum Gasteiger partial charge on any atom is -0.324 e. The third-order valence-corrected chi connectivity index (χ3v) is 4.16. The number of rotatable bonds is 3. The molecule has 1 aliphatic rings. The Kier molecular flexibility index (Phi) is 4.10. The summed E-state index contributed by atoms with van der Waals surface area (Å²) < 4.78 is 13.1. The lowest BCUT2D eigenvalue weighted by molar-refractivity contribution is 0.222. The van der Waals surface area contributed by atoms with Gasteiger partial charge in [-0.2, -0.15) is 0 Å². The van der Waals surface area contributed by atoms with E-state index >= 15 is 0 Å². The molecule has 7 heteroatoms. The number of amides is 2. The van der Waals surface area contributed by atoms with Crippen molar-refractivity contribution >= 4 is 22.5 Å². The second-order valence-electron chi connectivity index (χ2n) is 4.93. The molecule has 3 rings (SSSR count). The summed E-state index contributed by atoms with van der Waals surface area (Å²) in [5.41, 5.74) is 0.837. The number of nitrogens with one attached hydrogen (secondary N) is 1. The maximum atomic E-state index is 13.1. The number of aromatic nitrogens is 2. The topological polar surface area (TPSA) is 58.1 Å². The molecule has 21 heavy (non-hydrogen) atoms. The van der Waals surface area contributed by atoms with E-state index in [1.54, 1.807) is 11.0 Å². The third-order valence-electron chi connectivity index (χ3n) is 3.32. The molecule has 0 bridgehead atoms. The standard InChI is InChI=1S/C14H15FN4OS/c15-11-5-3-4-10(8-11)9-12-17-18-13(21-12)16-14(20)19-6-1-2-7-19/h3-5,8H,1-2,6-7,9H2,(H,16,18,20). The monoisotopic (exact) mass is 306 g/mol. The average molecular weight is 306 g/mol. The number of urea groups is 1. The summed E-state index contributed by atoms with van der Waals surface area (Å²) in [4.78, 5) is 13.7. The van der Waals surface area contributed by atoms with Crippen LogP contribution >= 0.6 is 11.3 Å². The van der Waals surface area contributed by atoms with Crippen molar-refractivity contribution in [2.75, 3.05) is 18.4 Å². The van der Waals surface area contributed by atoms with Gasteiger partial charge < -0.3 is 4.90 Å². The highest BCUT2D eigenvalue weighted by molar-refractivity contribution is 7.15. The first kappa shape index (κ1) is 13.9. The molecule has 1 fully saturated rings. The second-order valence-corrected chi connectivity index (χ2v) is 5.99. The molecule has 1 aromatic carbocycles. The summed E-state index contributed by atoms with van der Waals surface area (Å²) in [6, 6.07) is 6.27. The summed E-state index contributed by atoms with van der Waals surface area (Å²) in [6.07, 6.45) is 2.61. The Morgan fingerprint density at radius 3 is 2.90 bits per heavy atom. The Labute approximate surface area is 125 Å². The zero-order valence-electron chi connectivity index (χ0n) is 11.4. The molecular weight excluding hydrogens is 291 g/mol. The van der Waals surface area contributed by atoms with Crippen LogP contribution in [0.25, 0.3) is 0 Å². The Bertz CT molecular complexity index is 639. The first-order valence-corrected chi connectivity index (χ1v) is 7.65. The van der Waals surface area contributed by atoms with Crippen molar-refractivity contribution < 1.29 is 9.18 Å². The highest BCUT2D eigenvalue weighted by Gasteiger charge is 2.19. The van der Waals surface area contributed by atoms with Gasteiger partial charge in [-0.15, -0.1) is 10.2 Å². The number of likely N-dealkylation sites (tertiary alicyclic amines) is 1.